The third-order valence-electron chi connectivity index (χ3n) is 5.41. The molecule has 1 saturated carbocycles. The first-order valence-corrected chi connectivity index (χ1v) is 9.59. The molecule has 0 aromatic carbocycles. The summed E-state index contributed by atoms with van der Waals surface area (Å²) in [6.45, 7) is 6.44. The number of nitrogens with one attached hydrogen (secondary N) is 1. The van der Waals surface area contributed by atoms with Gasteiger partial charge in [-0.2, -0.15) is 5.10 Å². The Bertz CT molecular complexity index is 580. The molecule has 1 aromatic rings. The van der Waals surface area contributed by atoms with Crippen LogP contribution in [-0.2, 0) is 16.0 Å². The fourth-order valence-corrected chi connectivity index (χ4v) is 3.60. The van der Waals surface area contributed by atoms with Gasteiger partial charge < -0.3 is 9.80 Å². The summed E-state index contributed by atoms with van der Waals surface area (Å²) >= 11 is 0. The van der Waals surface area contributed by atoms with Crippen LogP contribution >= 0.6 is 0 Å². The van der Waals surface area contributed by atoms with E-state index in [0.717, 1.165) is 24.9 Å². The van der Waals surface area contributed by atoms with Crippen LogP contribution in [0.5, 0.6) is 0 Å². The predicted octanol–water partition coefficient (Wildman–Crippen LogP) is 2.23. The van der Waals surface area contributed by atoms with Crippen molar-refractivity contribution in [1.29, 1.82) is 0 Å². The molecule has 0 radical (unpaired) electrons. The second kappa shape index (κ2) is 8.02. The fraction of sp³-hybridized carbons (Fsp3) is 0.737. The standard InChI is InChI=1S/C19H30N4O2/c1-14(2)17-13-22(9-8-19(25)23(17)12-15-6-7-15)18(24)5-3-4-16-10-20-21-11-16/h10-11,14-15,17H,3-9,12-13H2,1-2H3,(H,20,21)/t17-/m1/s1. The molecule has 1 aliphatic heterocycles. The van der Waals surface area contributed by atoms with Gasteiger partial charge in [-0.05, 0) is 43.1 Å². The Morgan fingerprint density at radius 1 is 1.40 bits per heavy atom. The van der Waals surface area contributed by atoms with Crippen LogP contribution in [0.25, 0.3) is 0 Å². The molecule has 0 spiro atoms. The maximum Gasteiger partial charge on any atom is 0.224 e. The molecule has 2 heterocycles. The number of aromatic nitrogens is 2. The number of rotatable bonds is 7. The summed E-state index contributed by atoms with van der Waals surface area (Å²) in [6.07, 6.45) is 8.84. The van der Waals surface area contributed by atoms with Gasteiger partial charge in [0.05, 0.1) is 12.2 Å². The number of hydrogen-bond acceptors (Lipinski definition) is 3. The van der Waals surface area contributed by atoms with Gasteiger partial charge in [-0.1, -0.05) is 13.8 Å². The monoisotopic (exact) mass is 346 g/mol. The van der Waals surface area contributed by atoms with Gasteiger partial charge in [0, 0.05) is 38.7 Å². The third-order valence-corrected chi connectivity index (χ3v) is 5.41. The zero-order valence-electron chi connectivity index (χ0n) is 15.4. The van der Waals surface area contributed by atoms with E-state index in [1.54, 1.807) is 6.20 Å². The number of aryl methyl sites for hydroxylation is 1. The molecule has 6 heteroatoms. The summed E-state index contributed by atoms with van der Waals surface area (Å²) in [5.74, 6) is 1.44. The van der Waals surface area contributed by atoms with E-state index >= 15 is 0 Å². The third kappa shape index (κ3) is 4.83. The lowest BCUT2D eigenvalue weighted by atomic mass is 10.0. The Morgan fingerprint density at radius 2 is 2.20 bits per heavy atom. The summed E-state index contributed by atoms with van der Waals surface area (Å²) in [4.78, 5) is 29.3. The Hall–Kier alpha value is -1.85. The van der Waals surface area contributed by atoms with E-state index < -0.39 is 0 Å². The second-order valence-corrected chi connectivity index (χ2v) is 7.85. The quantitative estimate of drug-likeness (QED) is 0.823. The molecule has 6 nitrogen and oxygen atoms in total. The lowest BCUT2D eigenvalue weighted by molar-refractivity contribution is -0.134. The van der Waals surface area contributed by atoms with Crippen LogP contribution in [0.3, 0.4) is 0 Å². The Labute approximate surface area is 149 Å². The first-order valence-electron chi connectivity index (χ1n) is 9.59. The number of H-pyrrole nitrogens is 1. The Kier molecular flexibility index (Phi) is 5.76. The lowest BCUT2D eigenvalue weighted by Crippen LogP contribution is -2.48. The van der Waals surface area contributed by atoms with Crippen LogP contribution in [0.2, 0.25) is 0 Å². The largest absolute Gasteiger partial charge is 0.340 e. The smallest absolute Gasteiger partial charge is 0.224 e. The molecule has 0 unspecified atom stereocenters. The highest BCUT2D eigenvalue weighted by Gasteiger charge is 2.36. The molecule has 2 fully saturated rings. The van der Waals surface area contributed by atoms with Crippen molar-refractivity contribution in [1.82, 2.24) is 20.0 Å². The molecule has 2 aliphatic rings. The maximum absolute atomic E-state index is 12.7. The van der Waals surface area contributed by atoms with Gasteiger partial charge >= 0.3 is 0 Å². The Balaban J connectivity index is 1.57. The molecule has 0 bridgehead atoms. The van der Waals surface area contributed by atoms with E-state index in [-0.39, 0.29) is 17.9 Å². The minimum absolute atomic E-state index is 0.147. The van der Waals surface area contributed by atoms with Crippen LogP contribution in [0, 0.1) is 11.8 Å². The van der Waals surface area contributed by atoms with Gasteiger partial charge in [0.2, 0.25) is 11.8 Å². The van der Waals surface area contributed by atoms with Crippen molar-refractivity contribution in [3.05, 3.63) is 18.0 Å². The minimum atomic E-state index is 0.147. The maximum atomic E-state index is 12.7. The van der Waals surface area contributed by atoms with Crippen molar-refractivity contribution in [2.45, 2.75) is 58.4 Å². The van der Waals surface area contributed by atoms with Crippen LogP contribution < -0.4 is 0 Å². The van der Waals surface area contributed by atoms with Crippen molar-refractivity contribution in [3.63, 3.8) is 0 Å². The predicted molar refractivity (Wildman–Crippen MR) is 95.8 cm³/mol. The zero-order chi connectivity index (χ0) is 17.8. The zero-order valence-corrected chi connectivity index (χ0v) is 15.4. The van der Waals surface area contributed by atoms with Crippen molar-refractivity contribution in [2.24, 2.45) is 11.8 Å². The lowest BCUT2D eigenvalue weighted by Gasteiger charge is -2.34. The molecule has 138 valence electrons. The molecule has 1 saturated heterocycles. The molecule has 1 N–H and O–H groups in total. The van der Waals surface area contributed by atoms with E-state index in [1.807, 2.05) is 11.1 Å². The summed E-state index contributed by atoms with van der Waals surface area (Å²) in [6, 6.07) is 0.147. The van der Waals surface area contributed by atoms with E-state index in [4.69, 9.17) is 0 Å². The number of carbonyl (C=O) groups excluding carboxylic acids is 2. The topological polar surface area (TPSA) is 69.3 Å². The number of amides is 2. The summed E-state index contributed by atoms with van der Waals surface area (Å²) < 4.78 is 0. The van der Waals surface area contributed by atoms with Gasteiger partial charge in [0.25, 0.3) is 0 Å². The number of aromatic amines is 1. The van der Waals surface area contributed by atoms with Crippen LogP contribution in [0.1, 0.15) is 51.5 Å². The number of carbonyl (C=O) groups is 2. The minimum Gasteiger partial charge on any atom is -0.340 e. The van der Waals surface area contributed by atoms with Crippen LogP contribution in [-0.4, -0.2) is 57.5 Å². The number of nitrogens with zero attached hydrogens (tertiary/aromatic N) is 3. The van der Waals surface area contributed by atoms with Crippen LogP contribution in [0.4, 0.5) is 0 Å². The average Bonchev–Trinajstić information content (AvgIpc) is 3.29. The molecule has 1 aliphatic carbocycles. The Morgan fingerprint density at radius 3 is 2.84 bits per heavy atom. The van der Waals surface area contributed by atoms with Gasteiger partial charge in [0.15, 0.2) is 0 Å². The molecule has 3 rings (SSSR count). The fourth-order valence-electron chi connectivity index (χ4n) is 3.60. The van der Waals surface area contributed by atoms with Crippen molar-refractivity contribution in [3.8, 4) is 0 Å². The van der Waals surface area contributed by atoms with E-state index in [1.165, 1.54) is 12.8 Å². The van der Waals surface area contributed by atoms with Crippen LogP contribution in [0.15, 0.2) is 12.4 Å². The molecule has 2 amide bonds. The molecular formula is C19H30N4O2. The highest BCUT2D eigenvalue weighted by Crippen LogP contribution is 2.32. The van der Waals surface area contributed by atoms with Crippen molar-refractivity contribution < 1.29 is 9.59 Å². The van der Waals surface area contributed by atoms with Crippen molar-refractivity contribution >= 4 is 11.8 Å². The van der Waals surface area contributed by atoms with E-state index in [0.29, 0.717) is 37.8 Å². The summed E-state index contributed by atoms with van der Waals surface area (Å²) in [7, 11) is 0. The summed E-state index contributed by atoms with van der Waals surface area (Å²) in [5, 5.41) is 6.73. The highest BCUT2D eigenvalue weighted by molar-refractivity contribution is 5.80. The van der Waals surface area contributed by atoms with Gasteiger partial charge in [-0.25, -0.2) is 0 Å². The average molecular weight is 346 g/mol. The van der Waals surface area contributed by atoms with Gasteiger partial charge in [-0.15, -0.1) is 0 Å². The molecule has 1 atom stereocenters. The molecule has 25 heavy (non-hydrogen) atoms. The molecule has 1 aromatic heterocycles. The highest BCUT2D eigenvalue weighted by atomic mass is 16.2. The molecular weight excluding hydrogens is 316 g/mol. The second-order valence-electron chi connectivity index (χ2n) is 7.85. The summed E-state index contributed by atoms with van der Waals surface area (Å²) in [5.41, 5.74) is 1.13. The first kappa shape index (κ1) is 18.0. The van der Waals surface area contributed by atoms with E-state index in [2.05, 4.69) is 28.9 Å². The van der Waals surface area contributed by atoms with Gasteiger partial charge in [-0.3, -0.25) is 14.7 Å². The normalized spacial score (nSPS) is 21.7. The SMILES string of the molecule is CC(C)[C@H]1CN(C(=O)CCCc2cn[nH]c2)CCC(=O)N1CC1CC1. The van der Waals surface area contributed by atoms with E-state index in [9.17, 15) is 9.59 Å². The number of hydrogen-bond donors (Lipinski definition) is 1. The van der Waals surface area contributed by atoms with Gasteiger partial charge in [0.1, 0.15) is 0 Å². The van der Waals surface area contributed by atoms with Crippen molar-refractivity contribution in [2.75, 3.05) is 19.6 Å². The first-order chi connectivity index (χ1) is 12.0.